The van der Waals surface area contributed by atoms with Gasteiger partial charge in [-0.3, -0.25) is 9.59 Å². The molecule has 1 aliphatic heterocycles. The maximum absolute atomic E-state index is 12.8. The molecule has 1 aromatic carbocycles. The molecule has 2 atom stereocenters. The minimum atomic E-state index is -0.402. The normalized spacial score (nSPS) is 18.2. The largest absolute Gasteiger partial charge is 0.380 e. The molecule has 132 valence electrons. The maximum atomic E-state index is 12.8. The molecule has 1 fully saturated rings. The van der Waals surface area contributed by atoms with E-state index in [-0.39, 0.29) is 17.9 Å². The number of amides is 2. The number of carbonyl (C=O) groups is 2. The first-order valence-corrected chi connectivity index (χ1v) is 9.92. The average molecular weight is 350 g/mol. The smallest absolute Gasteiger partial charge is 0.245 e. The first kappa shape index (κ1) is 18.6. The second-order valence-corrected chi connectivity index (χ2v) is 7.02. The number of anilines is 1. The zero-order valence-electron chi connectivity index (χ0n) is 14.5. The minimum absolute atomic E-state index is 0.0446. The predicted octanol–water partition coefficient (Wildman–Crippen LogP) is 2.35. The fourth-order valence-corrected chi connectivity index (χ4v) is 3.33. The summed E-state index contributed by atoms with van der Waals surface area (Å²) in [4.78, 5) is 26.4. The lowest BCUT2D eigenvalue weighted by atomic mass is 10.2. The van der Waals surface area contributed by atoms with Crippen molar-refractivity contribution in [3.05, 3.63) is 30.3 Å². The van der Waals surface area contributed by atoms with E-state index in [2.05, 4.69) is 10.6 Å². The lowest BCUT2D eigenvalue weighted by Crippen LogP contribution is -2.48. The second kappa shape index (κ2) is 9.57. The van der Waals surface area contributed by atoms with Gasteiger partial charge in [-0.15, -0.1) is 0 Å². The van der Waals surface area contributed by atoms with Gasteiger partial charge in [-0.05, 0) is 37.0 Å². The van der Waals surface area contributed by atoms with Gasteiger partial charge in [0.15, 0.2) is 0 Å². The van der Waals surface area contributed by atoms with Gasteiger partial charge in [-0.1, -0.05) is 25.1 Å². The molecule has 2 N–H and O–H groups in total. The van der Waals surface area contributed by atoms with Crippen LogP contribution in [0.4, 0.5) is 5.69 Å². The van der Waals surface area contributed by atoms with Gasteiger partial charge in [0.1, 0.15) is 6.04 Å². The zero-order valence-corrected chi connectivity index (χ0v) is 15.3. The third kappa shape index (κ3) is 5.44. The highest BCUT2D eigenvalue weighted by Crippen LogP contribution is 2.17. The minimum Gasteiger partial charge on any atom is -0.380 e. The summed E-state index contributed by atoms with van der Waals surface area (Å²) in [7, 11) is 0. The van der Waals surface area contributed by atoms with E-state index in [1.807, 2.05) is 41.5 Å². The molecule has 0 aliphatic carbocycles. The van der Waals surface area contributed by atoms with Gasteiger partial charge in [-0.2, -0.15) is 11.8 Å². The number of hydrogen-bond acceptors (Lipinski definition) is 4. The Kier molecular flexibility index (Phi) is 7.43. The number of rotatable bonds is 8. The van der Waals surface area contributed by atoms with Gasteiger partial charge in [-0.25, -0.2) is 0 Å². The summed E-state index contributed by atoms with van der Waals surface area (Å²) in [6.07, 6.45) is 4.02. The number of nitrogens with one attached hydrogen (secondary N) is 2. The summed E-state index contributed by atoms with van der Waals surface area (Å²) in [5, 5.41) is 6.35. The summed E-state index contributed by atoms with van der Waals surface area (Å²) in [5.41, 5.74) is 1.08. The Balaban J connectivity index is 1.91. The molecule has 1 heterocycles. The van der Waals surface area contributed by atoms with Crippen molar-refractivity contribution in [1.29, 1.82) is 0 Å². The van der Waals surface area contributed by atoms with Crippen molar-refractivity contribution in [2.24, 2.45) is 0 Å². The highest BCUT2D eigenvalue weighted by atomic mass is 32.2. The molecule has 0 saturated carbocycles. The molecule has 24 heavy (non-hydrogen) atoms. The Labute approximate surface area is 148 Å². The number of likely N-dealkylation sites (tertiary alicyclic amines) is 1. The van der Waals surface area contributed by atoms with E-state index >= 15 is 0 Å². The Bertz CT molecular complexity index is 538. The summed E-state index contributed by atoms with van der Waals surface area (Å²) in [6.45, 7) is 3.23. The molecule has 1 saturated heterocycles. The molecule has 0 bridgehead atoms. The summed E-state index contributed by atoms with van der Waals surface area (Å²) < 4.78 is 0. The lowest BCUT2D eigenvalue weighted by Gasteiger charge is -2.24. The molecule has 0 unspecified atom stereocenters. The molecular weight excluding hydrogens is 322 g/mol. The van der Waals surface area contributed by atoms with Crippen molar-refractivity contribution < 1.29 is 9.59 Å². The van der Waals surface area contributed by atoms with E-state index in [0.29, 0.717) is 19.4 Å². The molecule has 5 nitrogen and oxygen atoms in total. The van der Waals surface area contributed by atoms with E-state index in [9.17, 15) is 9.59 Å². The third-order valence-electron chi connectivity index (χ3n) is 4.21. The van der Waals surface area contributed by atoms with Crippen molar-refractivity contribution in [2.75, 3.05) is 30.4 Å². The molecule has 1 aromatic rings. The number of benzene rings is 1. The second-order valence-electron chi connectivity index (χ2n) is 6.04. The first-order chi connectivity index (χ1) is 11.6. The highest BCUT2D eigenvalue weighted by Gasteiger charge is 2.31. The molecular formula is C18H27N3O2S. The number of hydrogen-bond donors (Lipinski definition) is 2. The van der Waals surface area contributed by atoms with E-state index in [1.165, 1.54) is 0 Å². The standard InChI is InChI=1S/C18H27N3O2S/c1-3-17(22)20-16(10-12-24-2)18(23)21-11-9-15(13-21)19-14-7-5-4-6-8-14/h4-8,15-16,19H,3,9-13H2,1-2H3,(H,20,22)/t15-,16-/m0/s1. The molecule has 0 radical (unpaired) electrons. The predicted molar refractivity (Wildman–Crippen MR) is 100 cm³/mol. The number of nitrogens with zero attached hydrogens (tertiary/aromatic N) is 1. The van der Waals surface area contributed by atoms with E-state index in [1.54, 1.807) is 18.7 Å². The average Bonchev–Trinajstić information content (AvgIpc) is 3.07. The first-order valence-electron chi connectivity index (χ1n) is 8.52. The molecule has 1 aliphatic rings. The van der Waals surface area contributed by atoms with Crippen LogP contribution < -0.4 is 10.6 Å². The molecule has 0 spiro atoms. The van der Waals surface area contributed by atoms with Gasteiger partial charge in [0.25, 0.3) is 0 Å². The summed E-state index contributed by atoms with van der Waals surface area (Å²) >= 11 is 1.69. The Morgan fingerprint density at radius 1 is 1.33 bits per heavy atom. The quantitative estimate of drug-likeness (QED) is 0.756. The Hall–Kier alpha value is -1.69. The summed E-state index contributed by atoms with van der Waals surface area (Å²) in [6, 6.07) is 9.92. The van der Waals surface area contributed by atoms with Crippen LogP contribution in [0.1, 0.15) is 26.2 Å². The SMILES string of the molecule is CCC(=O)N[C@@H](CCSC)C(=O)N1CC[C@H](Nc2ccccc2)C1. The van der Waals surface area contributed by atoms with Crippen molar-refractivity contribution in [3.8, 4) is 0 Å². The van der Waals surface area contributed by atoms with Crippen LogP contribution in [0, 0.1) is 0 Å². The van der Waals surface area contributed by atoms with Crippen LogP contribution in [0.15, 0.2) is 30.3 Å². The van der Waals surface area contributed by atoms with E-state index < -0.39 is 6.04 Å². The fourth-order valence-electron chi connectivity index (χ4n) is 2.86. The van der Waals surface area contributed by atoms with Gasteiger partial charge in [0.05, 0.1) is 0 Å². The fraction of sp³-hybridized carbons (Fsp3) is 0.556. The van der Waals surface area contributed by atoms with E-state index in [0.717, 1.165) is 24.4 Å². The van der Waals surface area contributed by atoms with E-state index in [4.69, 9.17) is 0 Å². The molecule has 2 rings (SSSR count). The lowest BCUT2D eigenvalue weighted by molar-refractivity contribution is -0.135. The van der Waals surface area contributed by atoms with Crippen molar-refractivity contribution in [1.82, 2.24) is 10.2 Å². The van der Waals surface area contributed by atoms with Crippen LogP contribution in [0.3, 0.4) is 0 Å². The van der Waals surface area contributed by atoms with Gasteiger partial charge < -0.3 is 15.5 Å². The van der Waals surface area contributed by atoms with Crippen LogP contribution in [-0.4, -0.2) is 53.9 Å². The maximum Gasteiger partial charge on any atom is 0.245 e. The van der Waals surface area contributed by atoms with Crippen molar-refractivity contribution in [3.63, 3.8) is 0 Å². The van der Waals surface area contributed by atoms with Crippen molar-refractivity contribution >= 4 is 29.3 Å². The number of carbonyl (C=O) groups excluding carboxylic acids is 2. The molecule has 6 heteroatoms. The van der Waals surface area contributed by atoms with Crippen LogP contribution >= 0.6 is 11.8 Å². The van der Waals surface area contributed by atoms with Crippen LogP contribution in [-0.2, 0) is 9.59 Å². The van der Waals surface area contributed by atoms with Crippen LogP contribution in [0.25, 0.3) is 0 Å². The third-order valence-corrected chi connectivity index (χ3v) is 4.85. The van der Waals surface area contributed by atoms with Crippen LogP contribution in [0.5, 0.6) is 0 Å². The molecule has 0 aromatic heterocycles. The topological polar surface area (TPSA) is 61.4 Å². The zero-order chi connectivity index (χ0) is 17.4. The van der Waals surface area contributed by atoms with Gasteiger partial charge in [0.2, 0.25) is 11.8 Å². The highest BCUT2D eigenvalue weighted by molar-refractivity contribution is 7.98. The number of para-hydroxylation sites is 1. The van der Waals surface area contributed by atoms with Crippen LogP contribution in [0.2, 0.25) is 0 Å². The van der Waals surface area contributed by atoms with Crippen molar-refractivity contribution in [2.45, 2.75) is 38.3 Å². The number of thioether (sulfide) groups is 1. The monoisotopic (exact) mass is 349 g/mol. The Morgan fingerprint density at radius 3 is 2.75 bits per heavy atom. The van der Waals surface area contributed by atoms with Gasteiger partial charge in [0, 0.05) is 31.2 Å². The molecule has 2 amide bonds. The Morgan fingerprint density at radius 2 is 2.08 bits per heavy atom. The van der Waals surface area contributed by atoms with Gasteiger partial charge >= 0.3 is 0 Å². The summed E-state index contributed by atoms with van der Waals surface area (Å²) in [5.74, 6) is 0.843.